The van der Waals surface area contributed by atoms with Gasteiger partial charge in [-0.15, -0.1) is 0 Å². The quantitative estimate of drug-likeness (QED) is 0.823. The normalized spacial score (nSPS) is 26.5. The number of piperazine rings is 1. The van der Waals surface area contributed by atoms with Crippen LogP contribution in [0.1, 0.15) is 12.7 Å². The van der Waals surface area contributed by atoms with Gasteiger partial charge >= 0.3 is 0 Å². The first-order chi connectivity index (χ1) is 8.13. The Bertz CT molecular complexity index is 377. The fourth-order valence-corrected chi connectivity index (χ4v) is 2.17. The number of carbonyl (C=O) groups is 1. The molecule has 1 aliphatic rings. The van der Waals surface area contributed by atoms with Gasteiger partial charge in [-0.3, -0.25) is 9.69 Å². The van der Waals surface area contributed by atoms with Gasteiger partial charge in [-0.05, 0) is 19.1 Å². The topological polar surface area (TPSA) is 56.9 Å². The van der Waals surface area contributed by atoms with Gasteiger partial charge < -0.3 is 14.4 Å². The maximum absolute atomic E-state index is 12.0. The second-order valence-corrected chi connectivity index (χ2v) is 4.51. The van der Waals surface area contributed by atoms with Crippen molar-refractivity contribution in [2.24, 2.45) is 0 Å². The standard InChI is InChI=1S/C12H18N2O3/c1-9-6-14(7-10-4-3-5-17-10)11(8-15)12(16)13(9)2/h3-5,9,11,15H,6-8H2,1-2H3. The van der Waals surface area contributed by atoms with Crippen LogP contribution in [0, 0.1) is 0 Å². The zero-order valence-corrected chi connectivity index (χ0v) is 10.2. The Balaban J connectivity index is 2.12. The van der Waals surface area contributed by atoms with Crippen LogP contribution < -0.4 is 0 Å². The predicted molar refractivity (Wildman–Crippen MR) is 62.2 cm³/mol. The zero-order chi connectivity index (χ0) is 12.4. The summed E-state index contributed by atoms with van der Waals surface area (Å²) in [5.74, 6) is 0.783. The van der Waals surface area contributed by atoms with E-state index in [9.17, 15) is 9.90 Å². The highest BCUT2D eigenvalue weighted by Crippen LogP contribution is 2.18. The summed E-state index contributed by atoms with van der Waals surface area (Å²) in [6.45, 7) is 3.15. The Kier molecular flexibility index (Phi) is 3.49. The minimum absolute atomic E-state index is 0.0298. The molecule has 1 N–H and O–H groups in total. The number of rotatable bonds is 3. The van der Waals surface area contributed by atoms with Gasteiger partial charge in [-0.25, -0.2) is 0 Å². The number of amides is 1. The molecule has 5 heteroatoms. The van der Waals surface area contributed by atoms with Crippen LogP contribution in [-0.4, -0.2) is 53.1 Å². The summed E-state index contributed by atoms with van der Waals surface area (Å²) >= 11 is 0. The first-order valence-corrected chi connectivity index (χ1v) is 5.77. The average molecular weight is 238 g/mol. The van der Waals surface area contributed by atoms with E-state index < -0.39 is 6.04 Å². The van der Waals surface area contributed by atoms with Crippen molar-refractivity contribution in [3.63, 3.8) is 0 Å². The van der Waals surface area contributed by atoms with Crippen LogP contribution >= 0.6 is 0 Å². The number of hydrogen-bond donors (Lipinski definition) is 1. The van der Waals surface area contributed by atoms with Crippen LogP contribution in [0.15, 0.2) is 22.8 Å². The fourth-order valence-electron chi connectivity index (χ4n) is 2.17. The number of aliphatic hydroxyl groups is 1. The number of furan rings is 1. The third kappa shape index (κ3) is 2.35. The van der Waals surface area contributed by atoms with E-state index in [1.165, 1.54) is 0 Å². The van der Waals surface area contributed by atoms with Gasteiger partial charge in [0.1, 0.15) is 11.8 Å². The number of likely N-dealkylation sites (N-methyl/N-ethyl adjacent to an activating group) is 1. The lowest BCUT2D eigenvalue weighted by Crippen LogP contribution is -2.60. The maximum Gasteiger partial charge on any atom is 0.242 e. The summed E-state index contributed by atoms with van der Waals surface area (Å²) in [5.41, 5.74) is 0. The molecule has 1 aliphatic heterocycles. The predicted octanol–water partition coefficient (Wildman–Crippen LogP) is 0.303. The van der Waals surface area contributed by atoms with Crippen molar-refractivity contribution >= 4 is 5.91 Å². The molecule has 2 unspecified atom stereocenters. The third-order valence-electron chi connectivity index (χ3n) is 3.35. The van der Waals surface area contributed by atoms with Crippen molar-refractivity contribution in [2.75, 3.05) is 20.2 Å². The van der Waals surface area contributed by atoms with Crippen LogP contribution in [0.2, 0.25) is 0 Å². The number of carbonyl (C=O) groups excluding carboxylic acids is 1. The van der Waals surface area contributed by atoms with Crippen LogP contribution in [0.3, 0.4) is 0 Å². The molecule has 2 rings (SSSR count). The summed E-state index contributed by atoms with van der Waals surface area (Å²) in [6, 6.07) is 3.40. The second-order valence-electron chi connectivity index (χ2n) is 4.51. The van der Waals surface area contributed by atoms with Gasteiger partial charge in [0.25, 0.3) is 0 Å². The Morgan fingerprint density at radius 3 is 2.94 bits per heavy atom. The molecular formula is C12H18N2O3. The van der Waals surface area contributed by atoms with Crippen molar-refractivity contribution in [1.29, 1.82) is 0 Å². The lowest BCUT2D eigenvalue weighted by molar-refractivity contribution is -0.146. The van der Waals surface area contributed by atoms with Gasteiger partial charge in [0, 0.05) is 19.6 Å². The van der Waals surface area contributed by atoms with Crippen molar-refractivity contribution in [2.45, 2.75) is 25.6 Å². The summed E-state index contributed by atoms with van der Waals surface area (Å²) in [4.78, 5) is 15.7. The molecule has 0 saturated carbocycles. The van der Waals surface area contributed by atoms with Crippen LogP contribution in [0.5, 0.6) is 0 Å². The number of aliphatic hydroxyl groups excluding tert-OH is 1. The SMILES string of the molecule is CC1CN(Cc2ccco2)C(CO)C(=O)N1C. The molecular weight excluding hydrogens is 220 g/mol. The van der Waals surface area contributed by atoms with Gasteiger partial charge in [-0.2, -0.15) is 0 Å². The van der Waals surface area contributed by atoms with E-state index in [-0.39, 0.29) is 18.6 Å². The summed E-state index contributed by atoms with van der Waals surface area (Å²) in [5, 5.41) is 9.34. The van der Waals surface area contributed by atoms with Gasteiger partial charge in [0.15, 0.2) is 0 Å². The van der Waals surface area contributed by atoms with E-state index in [0.717, 1.165) is 12.3 Å². The minimum atomic E-state index is -0.457. The van der Waals surface area contributed by atoms with E-state index >= 15 is 0 Å². The van der Waals surface area contributed by atoms with Crippen LogP contribution in [0.4, 0.5) is 0 Å². The second kappa shape index (κ2) is 4.89. The fraction of sp³-hybridized carbons (Fsp3) is 0.583. The monoisotopic (exact) mass is 238 g/mol. The molecule has 1 aromatic rings. The van der Waals surface area contributed by atoms with Gasteiger partial charge in [0.05, 0.1) is 19.4 Å². The minimum Gasteiger partial charge on any atom is -0.468 e. The first-order valence-electron chi connectivity index (χ1n) is 5.77. The largest absolute Gasteiger partial charge is 0.468 e. The molecule has 1 fully saturated rings. The number of nitrogens with zero attached hydrogens (tertiary/aromatic N) is 2. The molecule has 1 saturated heterocycles. The highest BCUT2D eigenvalue weighted by atomic mass is 16.3. The Morgan fingerprint density at radius 2 is 2.35 bits per heavy atom. The number of hydrogen-bond acceptors (Lipinski definition) is 4. The third-order valence-corrected chi connectivity index (χ3v) is 3.35. The van der Waals surface area contributed by atoms with Crippen molar-refractivity contribution in [3.8, 4) is 0 Å². The summed E-state index contributed by atoms with van der Waals surface area (Å²) in [6.07, 6.45) is 1.62. The molecule has 0 aliphatic carbocycles. The van der Waals surface area contributed by atoms with E-state index in [1.807, 2.05) is 24.0 Å². The van der Waals surface area contributed by atoms with Crippen molar-refractivity contribution in [3.05, 3.63) is 24.2 Å². The molecule has 17 heavy (non-hydrogen) atoms. The summed E-state index contributed by atoms with van der Waals surface area (Å²) in [7, 11) is 1.78. The molecule has 0 spiro atoms. The van der Waals surface area contributed by atoms with E-state index in [4.69, 9.17) is 4.42 Å². The van der Waals surface area contributed by atoms with E-state index in [2.05, 4.69) is 0 Å². The first kappa shape index (κ1) is 12.1. The van der Waals surface area contributed by atoms with E-state index in [1.54, 1.807) is 18.2 Å². The summed E-state index contributed by atoms with van der Waals surface area (Å²) < 4.78 is 5.28. The molecule has 1 aromatic heterocycles. The van der Waals surface area contributed by atoms with Gasteiger partial charge in [0.2, 0.25) is 5.91 Å². The highest BCUT2D eigenvalue weighted by molar-refractivity contribution is 5.82. The van der Waals surface area contributed by atoms with E-state index in [0.29, 0.717) is 6.54 Å². The Hall–Kier alpha value is -1.33. The Morgan fingerprint density at radius 1 is 1.59 bits per heavy atom. The molecule has 2 atom stereocenters. The van der Waals surface area contributed by atoms with Gasteiger partial charge in [-0.1, -0.05) is 0 Å². The molecule has 0 bridgehead atoms. The lowest BCUT2D eigenvalue weighted by Gasteiger charge is -2.42. The van der Waals surface area contributed by atoms with Crippen LogP contribution in [-0.2, 0) is 11.3 Å². The van der Waals surface area contributed by atoms with Crippen LogP contribution in [0.25, 0.3) is 0 Å². The molecule has 0 aromatic carbocycles. The molecule has 5 nitrogen and oxygen atoms in total. The molecule has 2 heterocycles. The average Bonchev–Trinajstić information content (AvgIpc) is 2.79. The molecule has 94 valence electrons. The molecule has 0 radical (unpaired) electrons. The zero-order valence-electron chi connectivity index (χ0n) is 10.2. The maximum atomic E-state index is 12.0. The molecule has 1 amide bonds. The smallest absolute Gasteiger partial charge is 0.242 e. The Labute approximate surface area is 101 Å². The van der Waals surface area contributed by atoms with Crippen molar-refractivity contribution < 1.29 is 14.3 Å². The highest BCUT2D eigenvalue weighted by Gasteiger charge is 2.36. The lowest BCUT2D eigenvalue weighted by atomic mass is 10.1. The van der Waals surface area contributed by atoms with Crippen molar-refractivity contribution in [1.82, 2.24) is 9.80 Å².